The molecule has 2 amide bonds. The van der Waals surface area contributed by atoms with Gasteiger partial charge in [0.1, 0.15) is 5.15 Å². The standard InChI is InChI=1S/C15H13ClN6O7S/c1-22-15(24)28-12(20-22)8-5-3-4-6-9(8)29-30(25,26)21-14(23)19-13-17-10(16)7-11(18-13)27-2/h3-7H,1-2H3,(H2,17,18,19,21,23). The van der Waals surface area contributed by atoms with Crippen molar-refractivity contribution >= 4 is 33.9 Å². The summed E-state index contributed by atoms with van der Waals surface area (Å²) >= 11 is 5.76. The average Bonchev–Trinajstić information content (AvgIpc) is 2.99. The molecule has 0 spiro atoms. The maximum Gasteiger partial charge on any atom is 0.437 e. The van der Waals surface area contributed by atoms with E-state index < -0.39 is 22.1 Å². The Morgan fingerprint density at radius 1 is 1.27 bits per heavy atom. The smallest absolute Gasteiger partial charge is 0.437 e. The minimum Gasteiger partial charge on any atom is -0.481 e. The van der Waals surface area contributed by atoms with Crippen LogP contribution in [0.15, 0.2) is 39.5 Å². The second-order valence-corrected chi connectivity index (χ2v) is 7.11. The van der Waals surface area contributed by atoms with Crippen LogP contribution in [0.5, 0.6) is 11.6 Å². The minimum atomic E-state index is -4.65. The summed E-state index contributed by atoms with van der Waals surface area (Å²) in [6.45, 7) is 0. The summed E-state index contributed by atoms with van der Waals surface area (Å²) in [4.78, 5) is 31.0. The Balaban J connectivity index is 1.77. The summed E-state index contributed by atoms with van der Waals surface area (Å²) in [5.74, 6) is -1.41. The van der Waals surface area contributed by atoms with E-state index in [0.717, 1.165) is 4.68 Å². The van der Waals surface area contributed by atoms with Crippen LogP contribution in [-0.2, 0) is 17.4 Å². The second kappa shape index (κ2) is 8.38. The van der Waals surface area contributed by atoms with Gasteiger partial charge in [-0.15, -0.1) is 5.10 Å². The minimum absolute atomic E-state index is 0.0398. The lowest BCUT2D eigenvalue weighted by Gasteiger charge is -2.11. The van der Waals surface area contributed by atoms with Crippen LogP contribution in [0.2, 0.25) is 5.15 Å². The number of ether oxygens (including phenoxy) is 1. The van der Waals surface area contributed by atoms with Gasteiger partial charge in [-0.2, -0.15) is 18.1 Å². The number of hydrogen-bond acceptors (Lipinski definition) is 10. The molecule has 0 aliphatic heterocycles. The van der Waals surface area contributed by atoms with Crippen LogP contribution in [-0.4, -0.2) is 41.3 Å². The van der Waals surface area contributed by atoms with E-state index in [9.17, 15) is 18.0 Å². The van der Waals surface area contributed by atoms with E-state index in [1.165, 1.54) is 38.4 Å². The van der Waals surface area contributed by atoms with Crippen molar-refractivity contribution in [2.45, 2.75) is 0 Å². The Labute approximate surface area is 173 Å². The molecule has 158 valence electrons. The molecule has 15 heteroatoms. The Kier molecular flexibility index (Phi) is 5.89. The number of rotatable bonds is 6. The van der Waals surface area contributed by atoms with Crippen LogP contribution in [0.25, 0.3) is 11.5 Å². The number of carbonyl (C=O) groups is 1. The van der Waals surface area contributed by atoms with Gasteiger partial charge in [-0.1, -0.05) is 23.7 Å². The molecule has 0 unspecified atom stereocenters. The van der Waals surface area contributed by atoms with E-state index in [1.54, 1.807) is 10.8 Å². The third kappa shape index (κ3) is 5.03. The van der Waals surface area contributed by atoms with E-state index in [1.807, 2.05) is 0 Å². The molecule has 0 radical (unpaired) electrons. The first-order valence-electron chi connectivity index (χ1n) is 7.92. The molecule has 0 saturated heterocycles. The molecule has 0 aliphatic rings. The van der Waals surface area contributed by atoms with Crippen LogP contribution >= 0.6 is 11.6 Å². The third-order valence-electron chi connectivity index (χ3n) is 3.33. The summed E-state index contributed by atoms with van der Waals surface area (Å²) in [6, 6.07) is 5.79. The first-order chi connectivity index (χ1) is 14.2. The van der Waals surface area contributed by atoms with Gasteiger partial charge in [0.05, 0.1) is 12.7 Å². The van der Waals surface area contributed by atoms with Crippen molar-refractivity contribution in [3.8, 4) is 23.1 Å². The quantitative estimate of drug-likeness (QED) is 0.509. The predicted octanol–water partition coefficient (Wildman–Crippen LogP) is 0.938. The number of aryl methyl sites for hydroxylation is 1. The van der Waals surface area contributed by atoms with Crippen molar-refractivity contribution in [2.24, 2.45) is 7.05 Å². The first-order valence-corrected chi connectivity index (χ1v) is 9.71. The van der Waals surface area contributed by atoms with Crippen LogP contribution in [0.3, 0.4) is 0 Å². The van der Waals surface area contributed by atoms with Gasteiger partial charge in [0, 0.05) is 13.1 Å². The molecule has 2 N–H and O–H groups in total. The normalized spacial score (nSPS) is 11.0. The van der Waals surface area contributed by atoms with Crippen molar-refractivity contribution in [3.05, 3.63) is 46.0 Å². The van der Waals surface area contributed by atoms with Gasteiger partial charge < -0.3 is 13.3 Å². The lowest BCUT2D eigenvalue weighted by Crippen LogP contribution is -2.37. The number of aromatic nitrogens is 4. The lowest BCUT2D eigenvalue weighted by atomic mass is 10.2. The van der Waals surface area contributed by atoms with Crippen molar-refractivity contribution in [3.63, 3.8) is 0 Å². The molecule has 1 aromatic carbocycles. The maximum atomic E-state index is 12.2. The average molecular weight is 457 g/mol. The Hall–Kier alpha value is -3.65. The highest BCUT2D eigenvalue weighted by Gasteiger charge is 2.22. The number of hydrogen-bond donors (Lipinski definition) is 2. The number of methoxy groups -OCH3 is 1. The zero-order valence-electron chi connectivity index (χ0n) is 15.3. The molecular weight excluding hydrogens is 444 g/mol. The summed E-state index contributed by atoms with van der Waals surface area (Å²) < 4.78 is 41.7. The summed E-state index contributed by atoms with van der Waals surface area (Å²) in [7, 11) is -1.97. The van der Waals surface area contributed by atoms with Gasteiger partial charge >= 0.3 is 22.1 Å². The van der Waals surface area contributed by atoms with Crippen molar-refractivity contribution in [1.82, 2.24) is 24.5 Å². The SMILES string of the molecule is COc1cc(Cl)nc(NC(=O)NS(=O)(=O)Oc2ccccc2-c2nn(C)c(=O)o2)n1. The highest BCUT2D eigenvalue weighted by molar-refractivity contribution is 7.85. The van der Waals surface area contributed by atoms with Crippen LogP contribution < -0.4 is 24.7 Å². The molecule has 30 heavy (non-hydrogen) atoms. The molecular formula is C15H13ClN6O7S. The van der Waals surface area contributed by atoms with Crippen molar-refractivity contribution in [1.29, 1.82) is 0 Å². The molecule has 3 rings (SSSR count). The zero-order valence-corrected chi connectivity index (χ0v) is 16.9. The molecule has 0 bridgehead atoms. The Bertz CT molecular complexity index is 1260. The molecule has 3 aromatic rings. The number of urea groups is 1. The number of nitrogens with one attached hydrogen (secondary N) is 2. The van der Waals surface area contributed by atoms with Gasteiger partial charge in [-0.25, -0.2) is 19.3 Å². The predicted molar refractivity (Wildman–Crippen MR) is 102 cm³/mol. The number of amides is 2. The molecule has 0 aliphatic carbocycles. The fourth-order valence-electron chi connectivity index (χ4n) is 2.11. The molecule has 13 nitrogen and oxygen atoms in total. The first kappa shape index (κ1) is 21.1. The molecule has 2 heterocycles. The number of para-hydroxylation sites is 1. The van der Waals surface area contributed by atoms with Gasteiger partial charge in [-0.3, -0.25) is 5.32 Å². The summed E-state index contributed by atoms with van der Waals surface area (Å²) in [6.07, 6.45) is 0. The van der Waals surface area contributed by atoms with Crippen LogP contribution in [0.4, 0.5) is 10.7 Å². The summed E-state index contributed by atoms with van der Waals surface area (Å²) in [5, 5.41) is 5.88. The van der Waals surface area contributed by atoms with Gasteiger partial charge in [0.15, 0.2) is 5.75 Å². The highest BCUT2D eigenvalue weighted by Crippen LogP contribution is 2.28. The van der Waals surface area contributed by atoms with E-state index in [0.29, 0.717) is 0 Å². The zero-order chi connectivity index (χ0) is 21.9. The number of carbonyl (C=O) groups excluding carboxylic acids is 1. The molecule has 0 fully saturated rings. The van der Waals surface area contributed by atoms with Gasteiger partial charge in [0.25, 0.3) is 5.89 Å². The van der Waals surface area contributed by atoms with E-state index in [2.05, 4.69) is 20.4 Å². The fourth-order valence-corrected chi connectivity index (χ4v) is 2.98. The van der Waals surface area contributed by atoms with Gasteiger partial charge in [0.2, 0.25) is 11.8 Å². The number of halogens is 1. The Morgan fingerprint density at radius 3 is 2.67 bits per heavy atom. The third-order valence-corrected chi connectivity index (χ3v) is 4.36. The second-order valence-electron chi connectivity index (χ2n) is 5.44. The lowest BCUT2D eigenvalue weighted by molar-refractivity contribution is 0.255. The maximum absolute atomic E-state index is 12.2. The highest BCUT2D eigenvalue weighted by atomic mass is 35.5. The number of anilines is 1. The molecule has 0 atom stereocenters. The van der Waals surface area contributed by atoms with Crippen LogP contribution in [0.1, 0.15) is 0 Å². The van der Waals surface area contributed by atoms with Gasteiger partial charge in [-0.05, 0) is 12.1 Å². The molecule has 0 saturated carbocycles. The fraction of sp³-hybridized carbons (Fsp3) is 0.133. The van der Waals surface area contributed by atoms with E-state index in [-0.39, 0.29) is 34.2 Å². The Morgan fingerprint density at radius 2 is 2.00 bits per heavy atom. The van der Waals surface area contributed by atoms with Crippen molar-refractivity contribution < 1.29 is 26.5 Å². The van der Waals surface area contributed by atoms with E-state index >= 15 is 0 Å². The largest absolute Gasteiger partial charge is 0.481 e. The number of benzene rings is 1. The van der Waals surface area contributed by atoms with Crippen LogP contribution in [0, 0.1) is 0 Å². The van der Waals surface area contributed by atoms with E-state index in [4.69, 9.17) is 24.9 Å². The summed E-state index contributed by atoms with van der Waals surface area (Å²) in [5.41, 5.74) is 0.0731. The molecule has 2 aromatic heterocycles. The monoisotopic (exact) mass is 456 g/mol. The topological polar surface area (TPSA) is 168 Å². The number of nitrogens with zero attached hydrogens (tertiary/aromatic N) is 4. The van der Waals surface area contributed by atoms with Crippen molar-refractivity contribution in [2.75, 3.05) is 12.4 Å².